The number of nitrogens with zero attached hydrogens (tertiary/aromatic N) is 2. The van der Waals surface area contributed by atoms with Crippen LogP contribution in [-0.4, -0.2) is 22.6 Å². The van der Waals surface area contributed by atoms with E-state index in [9.17, 15) is 19.7 Å². The van der Waals surface area contributed by atoms with Crippen LogP contribution in [0.5, 0.6) is 0 Å². The monoisotopic (exact) mass is 290 g/mol. The van der Waals surface area contributed by atoms with Gasteiger partial charge in [-0.15, -0.1) is 0 Å². The molecule has 0 aliphatic heterocycles. The SMILES string of the molecule is COC(=O)Cn1cc([N+](=O)[O-])cc(Br)c1=O. The van der Waals surface area contributed by atoms with Crippen LogP contribution in [0.25, 0.3) is 0 Å². The van der Waals surface area contributed by atoms with Crippen LogP contribution < -0.4 is 5.56 Å². The summed E-state index contributed by atoms with van der Waals surface area (Å²) < 4.78 is 5.30. The maximum Gasteiger partial charge on any atom is 0.325 e. The number of halogens is 1. The van der Waals surface area contributed by atoms with Gasteiger partial charge in [-0.1, -0.05) is 0 Å². The minimum absolute atomic E-state index is 0.0191. The average molecular weight is 291 g/mol. The van der Waals surface area contributed by atoms with Crippen molar-refractivity contribution in [3.63, 3.8) is 0 Å². The third kappa shape index (κ3) is 2.66. The van der Waals surface area contributed by atoms with Crippen molar-refractivity contribution < 1.29 is 14.5 Å². The van der Waals surface area contributed by atoms with Crippen molar-refractivity contribution in [3.05, 3.63) is 37.2 Å². The molecule has 0 aliphatic carbocycles. The van der Waals surface area contributed by atoms with Gasteiger partial charge in [0.1, 0.15) is 6.54 Å². The molecular weight excluding hydrogens is 284 g/mol. The number of esters is 1. The van der Waals surface area contributed by atoms with Gasteiger partial charge in [-0.2, -0.15) is 0 Å². The summed E-state index contributed by atoms with van der Waals surface area (Å²) in [6.07, 6.45) is 0.990. The van der Waals surface area contributed by atoms with Crippen molar-refractivity contribution in [2.75, 3.05) is 7.11 Å². The molecule has 86 valence electrons. The molecule has 0 radical (unpaired) electrons. The maximum atomic E-state index is 11.5. The van der Waals surface area contributed by atoms with Crippen molar-refractivity contribution in [3.8, 4) is 0 Å². The van der Waals surface area contributed by atoms with Gasteiger partial charge in [0.2, 0.25) is 0 Å². The number of rotatable bonds is 3. The van der Waals surface area contributed by atoms with Gasteiger partial charge < -0.3 is 4.74 Å². The van der Waals surface area contributed by atoms with Gasteiger partial charge in [0.15, 0.2) is 0 Å². The molecule has 0 amide bonds. The molecular formula is C8H7BrN2O5. The van der Waals surface area contributed by atoms with E-state index >= 15 is 0 Å². The number of carbonyl (C=O) groups is 1. The normalized spacial score (nSPS) is 9.88. The van der Waals surface area contributed by atoms with E-state index in [1.807, 2.05) is 0 Å². The highest BCUT2D eigenvalue weighted by Gasteiger charge is 2.14. The van der Waals surface area contributed by atoms with E-state index in [1.165, 1.54) is 7.11 Å². The second-order valence-corrected chi connectivity index (χ2v) is 3.67. The van der Waals surface area contributed by atoms with E-state index in [1.54, 1.807) is 0 Å². The molecule has 0 bridgehead atoms. The van der Waals surface area contributed by atoms with Crippen molar-refractivity contribution in [2.45, 2.75) is 6.54 Å². The Morgan fingerprint density at radius 2 is 2.31 bits per heavy atom. The Labute approximate surface area is 97.9 Å². The Morgan fingerprint density at radius 3 is 2.81 bits per heavy atom. The molecule has 0 aromatic carbocycles. The zero-order valence-electron chi connectivity index (χ0n) is 8.18. The van der Waals surface area contributed by atoms with Gasteiger partial charge in [0, 0.05) is 6.07 Å². The summed E-state index contributed by atoms with van der Waals surface area (Å²) in [5.74, 6) is -0.658. The third-order valence-corrected chi connectivity index (χ3v) is 2.33. The zero-order chi connectivity index (χ0) is 12.3. The lowest BCUT2D eigenvalue weighted by molar-refractivity contribution is -0.385. The van der Waals surface area contributed by atoms with Gasteiger partial charge in [-0.3, -0.25) is 24.3 Å². The van der Waals surface area contributed by atoms with Crippen LogP contribution in [0.1, 0.15) is 0 Å². The highest BCUT2D eigenvalue weighted by atomic mass is 79.9. The van der Waals surface area contributed by atoms with Crippen LogP contribution in [0.4, 0.5) is 5.69 Å². The fourth-order valence-electron chi connectivity index (χ4n) is 1.01. The lowest BCUT2D eigenvalue weighted by Gasteiger charge is -2.04. The molecule has 8 heteroatoms. The quantitative estimate of drug-likeness (QED) is 0.464. The summed E-state index contributed by atoms with van der Waals surface area (Å²) in [7, 11) is 1.17. The molecule has 0 saturated carbocycles. The van der Waals surface area contributed by atoms with Crippen molar-refractivity contribution in [2.24, 2.45) is 0 Å². The summed E-state index contributed by atoms with van der Waals surface area (Å²) >= 11 is 2.89. The zero-order valence-corrected chi connectivity index (χ0v) is 9.76. The number of carbonyl (C=O) groups excluding carboxylic acids is 1. The van der Waals surface area contributed by atoms with Crippen molar-refractivity contribution in [1.29, 1.82) is 0 Å². The number of hydrogen-bond donors (Lipinski definition) is 0. The highest BCUT2D eigenvalue weighted by molar-refractivity contribution is 9.10. The Kier molecular flexibility index (Phi) is 3.78. The number of methoxy groups -OCH3 is 1. The van der Waals surface area contributed by atoms with E-state index in [-0.39, 0.29) is 16.7 Å². The van der Waals surface area contributed by atoms with Gasteiger partial charge in [0.25, 0.3) is 11.2 Å². The first-order valence-electron chi connectivity index (χ1n) is 4.07. The standard InChI is InChI=1S/C8H7BrN2O5/c1-16-7(12)4-10-3-5(11(14)15)2-6(9)8(10)13/h2-3H,4H2,1H3. The lowest BCUT2D eigenvalue weighted by Crippen LogP contribution is -2.25. The van der Waals surface area contributed by atoms with Crippen LogP contribution in [-0.2, 0) is 16.1 Å². The largest absolute Gasteiger partial charge is 0.468 e. The molecule has 0 saturated heterocycles. The number of pyridine rings is 1. The molecule has 0 atom stereocenters. The Balaban J connectivity index is 3.22. The Hall–Kier alpha value is -1.70. The minimum Gasteiger partial charge on any atom is -0.468 e. The average Bonchev–Trinajstić information content (AvgIpc) is 2.23. The van der Waals surface area contributed by atoms with E-state index in [0.717, 1.165) is 16.8 Å². The second kappa shape index (κ2) is 4.88. The molecule has 1 aromatic heterocycles. The van der Waals surface area contributed by atoms with Crippen molar-refractivity contribution >= 4 is 27.6 Å². The van der Waals surface area contributed by atoms with Gasteiger partial charge in [0.05, 0.1) is 22.7 Å². The molecule has 0 unspecified atom stereocenters. The summed E-state index contributed by atoms with van der Waals surface area (Å²) in [6, 6.07) is 1.08. The van der Waals surface area contributed by atoms with Crippen LogP contribution in [0.2, 0.25) is 0 Å². The summed E-state index contributed by atoms with van der Waals surface area (Å²) in [5.41, 5.74) is -0.814. The minimum atomic E-state index is -0.658. The molecule has 16 heavy (non-hydrogen) atoms. The topological polar surface area (TPSA) is 91.4 Å². The molecule has 7 nitrogen and oxygen atoms in total. The molecule has 0 spiro atoms. The van der Waals surface area contributed by atoms with E-state index in [2.05, 4.69) is 20.7 Å². The van der Waals surface area contributed by atoms with Crippen LogP contribution >= 0.6 is 15.9 Å². The smallest absolute Gasteiger partial charge is 0.325 e. The molecule has 0 aliphatic rings. The first-order valence-corrected chi connectivity index (χ1v) is 4.86. The van der Waals surface area contributed by atoms with E-state index in [4.69, 9.17) is 0 Å². The number of ether oxygens (including phenoxy) is 1. The predicted octanol–water partition coefficient (Wildman–Crippen LogP) is 0.692. The molecule has 1 heterocycles. The van der Waals surface area contributed by atoms with E-state index in [0.29, 0.717) is 0 Å². The van der Waals surface area contributed by atoms with Crippen LogP contribution in [0, 0.1) is 10.1 Å². The molecule has 0 fully saturated rings. The third-order valence-electron chi connectivity index (χ3n) is 1.77. The van der Waals surface area contributed by atoms with Gasteiger partial charge in [-0.25, -0.2) is 0 Å². The number of aromatic nitrogens is 1. The summed E-state index contributed by atoms with van der Waals surface area (Å²) in [5, 5.41) is 10.5. The second-order valence-electron chi connectivity index (χ2n) is 2.81. The summed E-state index contributed by atoms with van der Waals surface area (Å²) in [4.78, 5) is 32.3. The Morgan fingerprint density at radius 1 is 1.69 bits per heavy atom. The Bertz CT molecular complexity index is 496. The van der Waals surface area contributed by atoms with Crippen LogP contribution in [0.3, 0.4) is 0 Å². The van der Waals surface area contributed by atoms with Crippen LogP contribution in [0.15, 0.2) is 21.5 Å². The van der Waals surface area contributed by atoms with Crippen molar-refractivity contribution in [1.82, 2.24) is 4.57 Å². The molecule has 0 N–H and O–H groups in total. The molecule has 1 rings (SSSR count). The fraction of sp³-hybridized carbons (Fsp3) is 0.250. The lowest BCUT2D eigenvalue weighted by atomic mass is 10.4. The highest BCUT2D eigenvalue weighted by Crippen LogP contribution is 2.13. The first kappa shape index (κ1) is 12.4. The predicted molar refractivity (Wildman–Crippen MR) is 57.1 cm³/mol. The number of nitro groups is 1. The maximum absolute atomic E-state index is 11.5. The fourth-order valence-corrected chi connectivity index (χ4v) is 1.47. The van der Waals surface area contributed by atoms with Gasteiger partial charge in [-0.05, 0) is 15.9 Å². The van der Waals surface area contributed by atoms with E-state index < -0.39 is 16.5 Å². The summed E-state index contributed by atoms with van der Waals surface area (Å²) in [6.45, 7) is -0.365. The molecule has 1 aromatic rings. The number of hydrogen-bond acceptors (Lipinski definition) is 5. The first-order chi connectivity index (χ1) is 7.45. The van der Waals surface area contributed by atoms with Gasteiger partial charge >= 0.3 is 5.97 Å².